The first-order valence-electron chi connectivity index (χ1n) is 0. The van der Waals surface area contributed by atoms with Crippen molar-refractivity contribution in [2.24, 2.45) is 0 Å². The minimum absolute atomic E-state index is 0. The van der Waals surface area contributed by atoms with Gasteiger partial charge in [0.15, 0.2) is 0 Å². The zero-order valence-electron chi connectivity index (χ0n) is 2.26. The minimum atomic E-state index is 0. The SMILES string of the molecule is [Cl-].[Cl-].[Li+].[Nd+3]. The summed E-state index contributed by atoms with van der Waals surface area (Å²) in [5, 5.41) is 0. The topological polar surface area (TPSA) is 0 Å². The van der Waals surface area contributed by atoms with Crippen LogP contribution >= 0.6 is 0 Å². The van der Waals surface area contributed by atoms with E-state index in [-0.39, 0.29) is 84.5 Å². The normalized spacial score (nSPS) is 0. The third kappa shape index (κ3) is 8.82. The molecule has 4 heavy (non-hydrogen) atoms. The summed E-state index contributed by atoms with van der Waals surface area (Å²) in [4.78, 5) is 0. The minimum Gasteiger partial charge on any atom is -1.00 e. The monoisotopic (exact) mass is 219 g/mol. The molecule has 0 rings (SSSR count). The smallest absolute Gasteiger partial charge is 1.00 e. The first-order valence-corrected chi connectivity index (χ1v) is 0. The quantitative estimate of drug-likeness (QED) is 0.357. The maximum atomic E-state index is 0. The molecule has 0 aliphatic carbocycles. The van der Waals surface area contributed by atoms with Gasteiger partial charge in [-0.15, -0.1) is 0 Å². The van der Waals surface area contributed by atoms with E-state index in [0.717, 1.165) is 0 Å². The Morgan fingerprint density at radius 3 is 0.750 bits per heavy atom. The molecule has 0 heterocycles. The van der Waals surface area contributed by atoms with Gasteiger partial charge in [-0.05, 0) is 0 Å². The van der Waals surface area contributed by atoms with Gasteiger partial charge in [0, 0.05) is 0 Å². The Kier molecular flexibility index (Phi) is 138. The Balaban J connectivity index is 0. The summed E-state index contributed by atoms with van der Waals surface area (Å²) >= 11 is 0. The molecule has 0 nitrogen and oxygen atoms in total. The number of hydrogen-bond acceptors (Lipinski definition) is 0. The van der Waals surface area contributed by atoms with Crippen molar-refractivity contribution in [3.05, 3.63) is 0 Å². The molecule has 0 saturated heterocycles. The summed E-state index contributed by atoms with van der Waals surface area (Å²) in [5.41, 5.74) is 0. The summed E-state index contributed by atoms with van der Waals surface area (Å²) in [6.45, 7) is 0. The maximum Gasteiger partial charge on any atom is 3.00 e. The van der Waals surface area contributed by atoms with Gasteiger partial charge in [0.1, 0.15) is 0 Å². The molecule has 0 aliphatic heterocycles. The third-order valence-corrected chi connectivity index (χ3v) is 0. The van der Waals surface area contributed by atoms with Crippen LogP contribution in [0.5, 0.6) is 0 Å². The van der Waals surface area contributed by atoms with E-state index < -0.39 is 0 Å². The molecule has 0 aromatic carbocycles. The van der Waals surface area contributed by atoms with Crippen molar-refractivity contribution in [3.8, 4) is 0 Å². The van der Waals surface area contributed by atoms with Gasteiger partial charge < -0.3 is 24.8 Å². The molecule has 0 fully saturated rings. The Morgan fingerprint density at radius 1 is 0.750 bits per heavy atom. The summed E-state index contributed by atoms with van der Waals surface area (Å²) in [6, 6.07) is 0. The maximum absolute atomic E-state index is 0. The molecule has 17 valence electrons. The Hall–Kier alpha value is 2.53. The second kappa shape index (κ2) is 17.7. The molecule has 0 bridgehead atoms. The zero-order valence-corrected chi connectivity index (χ0v) is 6.98. The van der Waals surface area contributed by atoms with Crippen LogP contribution in [0.3, 0.4) is 0 Å². The van der Waals surface area contributed by atoms with E-state index in [2.05, 4.69) is 0 Å². The molecule has 0 spiro atoms. The average Bonchev–Trinajstić information content (AvgIpc) is 0. The number of hydrogen-bond donors (Lipinski definition) is 0. The Bertz CT molecular complexity index is 6.00. The fraction of sp³-hybridized carbons (Fsp3) is 0. The van der Waals surface area contributed by atoms with Gasteiger partial charge in [-0.3, -0.25) is 0 Å². The van der Waals surface area contributed by atoms with Gasteiger partial charge in [-0.25, -0.2) is 0 Å². The summed E-state index contributed by atoms with van der Waals surface area (Å²) in [7, 11) is 0. The van der Waals surface area contributed by atoms with E-state index in [4.69, 9.17) is 0 Å². The van der Waals surface area contributed by atoms with Crippen molar-refractivity contribution in [1.29, 1.82) is 0 Å². The van der Waals surface area contributed by atoms with Crippen LogP contribution in [-0.2, 0) is 0 Å². The Labute approximate surface area is 83.0 Å². The van der Waals surface area contributed by atoms with E-state index in [9.17, 15) is 0 Å². The van der Waals surface area contributed by atoms with Crippen molar-refractivity contribution in [2.75, 3.05) is 0 Å². The van der Waals surface area contributed by atoms with Gasteiger partial charge in [0.05, 0.1) is 0 Å². The predicted octanol–water partition coefficient (Wildman–Crippen LogP) is -8.99. The first kappa shape index (κ1) is 31.2. The molecule has 0 unspecified atom stereocenters. The summed E-state index contributed by atoms with van der Waals surface area (Å²) < 4.78 is 0. The third-order valence-electron chi connectivity index (χ3n) is 0. The Morgan fingerprint density at radius 2 is 0.750 bits per heavy atom. The van der Waals surface area contributed by atoms with Crippen LogP contribution in [0.15, 0.2) is 0 Å². The molecule has 0 atom stereocenters. The standard InChI is InChI=1S/2ClH.Li.Nd/h2*1H;;/q;;+1;+3/p-2. The molecule has 1 radical (unpaired) electrons. The van der Waals surface area contributed by atoms with Crippen molar-refractivity contribution in [2.45, 2.75) is 0 Å². The average molecular weight is 222 g/mol. The van der Waals surface area contributed by atoms with E-state index in [1.807, 2.05) is 0 Å². The summed E-state index contributed by atoms with van der Waals surface area (Å²) in [6.07, 6.45) is 0. The van der Waals surface area contributed by atoms with Gasteiger partial charge >= 0.3 is 59.7 Å². The fourth-order valence-corrected chi connectivity index (χ4v) is 0. The molecule has 0 saturated carbocycles. The molecule has 0 aromatic rings. The molecule has 0 N–H and O–H groups in total. The van der Waals surface area contributed by atoms with Crippen LogP contribution in [0, 0.1) is 40.8 Å². The van der Waals surface area contributed by atoms with Crippen LogP contribution in [0.25, 0.3) is 0 Å². The van der Waals surface area contributed by atoms with E-state index in [1.165, 1.54) is 0 Å². The van der Waals surface area contributed by atoms with Crippen molar-refractivity contribution in [3.63, 3.8) is 0 Å². The largest absolute Gasteiger partial charge is 3.00 e. The van der Waals surface area contributed by atoms with Gasteiger partial charge in [0.2, 0.25) is 0 Å². The van der Waals surface area contributed by atoms with Crippen molar-refractivity contribution < 1.29 is 84.5 Å². The molecule has 4 heteroatoms. The first-order chi connectivity index (χ1) is 0. The van der Waals surface area contributed by atoms with E-state index >= 15 is 0 Å². The molecule has 0 amide bonds. The molecule has 0 aromatic heterocycles. The molecule has 0 aliphatic rings. The fourth-order valence-electron chi connectivity index (χ4n) is 0. The number of halogens is 2. The van der Waals surface area contributed by atoms with E-state index in [0.29, 0.717) is 0 Å². The van der Waals surface area contributed by atoms with Crippen molar-refractivity contribution >= 4 is 0 Å². The number of rotatable bonds is 0. The summed E-state index contributed by atoms with van der Waals surface area (Å²) in [5.74, 6) is 0. The van der Waals surface area contributed by atoms with Crippen LogP contribution in [0.1, 0.15) is 0 Å². The van der Waals surface area contributed by atoms with Crippen LogP contribution in [-0.4, -0.2) is 0 Å². The van der Waals surface area contributed by atoms with Crippen molar-refractivity contribution in [1.82, 2.24) is 0 Å². The van der Waals surface area contributed by atoms with Gasteiger partial charge in [0.25, 0.3) is 0 Å². The second-order valence-electron chi connectivity index (χ2n) is 0. The van der Waals surface area contributed by atoms with Crippen LogP contribution in [0.4, 0.5) is 0 Å². The van der Waals surface area contributed by atoms with Gasteiger partial charge in [-0.2, -0.15) is 0 Å². The predicted molar refractivity (Wildman–Crippen MR) is 0 cm³/mol. The van der Waals surface area contributed by atoms with Gasteiger partial charge in [-0.1, -0.05) is 0 Å². The molecular formula is Cl2LiNd+2. The second-order valence-corrected chi connectivity index (χ2v) is 0. The zero-order chi connectivity index (χ0) is 0. The molecular weight excluding hydrogens is 222 g/mol. The van der Waals surface area contributed by atoms with Crippen LogP contribution < -0.4 is 43.7 Å². The van der Waals surface area contributed by atoms with E-state index in [1.54, 1.807) is 0 Å². The van der Waals surface area contributed by atoms with Crippen LogP contribution in [0.2, 0.25) is 0 Å².